The Kier molecular flexibility index (Phi) is 4.66. The number of benzene rings is 2. The fourth-order valence-corrected chi connectivity index (χ4v) is 2.11. The molecular weight excluding hydrogens is 275 g/mol. The first kappa shape index (κ1) is 14.9. The molecule has 2 aromatic rings. The van der Waals surface area contributed by atoms with Gasteiger partial charge in [0.15, 0.2) is 0 Å². The standard InChI is InChI=1S/C17H18ClFO/c1-11(2)13-5-4-12(3)17(9-13)20-10-14-8-15(19)6-7-16(14)18/h4-9,11H,10H2,1-3H3. The average Bonchev–Trinajstić information content (AvgIpc) is 2.41. The van der Waals surface area contributed by atoms with Crippen molar-refractivity contribution in [3.8, 4) is 5.75 Å². The van der Waals surface area contributed by atoms with Crippen molar-refractivity contribution in [1.29, 1.82) is 0 Å². The maximum Gasteiger partial charge on any atom is 0.123 e. The van der Waals surface area contributed by atoms with Gasteiger partial charge in [-0.2, -0.15) is 0 Å². The van der Waals surface area contributed by atoms with E-state index in [1.54, 1.807) is 6.07 Å². The van der Waals surface area contributed by atoms with Gasteiger partial charge in [-0.25, -0.2) is 4.39 Å². The van der Waals surface area contributed by atoms with E-state index in [-0.39, 0.29) is 12.4 Å². The molecule has 0 N–H and O–H groups in total. The summed E-state index contributed by atoms with van der Waals surface area (Å²) in [7, 11) is 0. The minimum Gasteiger partial charge on any atom is -0.489 e. The summed E-state index contributed by atoms with van der Waals surface area (Å²) in [6.45, 7) is 6.53. The first-order valence-electron chi connectivity index (χ1n) is 6.64. The van der Waals surface area contributed by atoms with E-state index in [9.17, 15) is 4.39 Å². The highest BCUT2D eigenvalue weighted by Gasteiger charge is 2.07. The molecule has 0 atom stereocenters. The highest BCUT2D eigenvalue weighted by Crippen LogP contribution is 2.26. The summed E-state index contributed by atoms with van der Waals surface area (Å²) in [5, 5.41) is 0.518. The molecule has 20 heavy (non-hydrogen) atoms. The molecule has 0 aliphatic rings. The van der Waals surface area contributed by atoms with E-state index >= 15 is 0 Å². The summed E-state index contributed by atoms with van der Waals surface area (Å²) >= 11 is 6.04. The number of ether oxygens (including phenoxy) is 1. The van der Waals surface area contributed by atoms with Crippen LogP contribution < -0.4 is 4.74 Å². The molecule has 0 fully saturated rings. The highest BCUT2D eigenvalue weighted by molar-refractivity contribution is 6.31. The quantitative estimate of drug-likeness (QED) is 0.724. The van der Waals surface area contributed by atoms with E-state index in [1.807, 2.05) is 19.1 Å². The van der Waals surface area contributed by atoms with E-state index in [0.717, 1.165) is 11.3 Å². The lowest BCUT2D eigenvalue weighted by Crippen LogP contribution is -2.00. The molecule has 3 heteroatoms. The zero-order valence-corrected chi connectivity index (χ0v) is 12.7. The molecule has 2 rings (SSSR count). The Morgan fingerprint density at radius 3 is 2.60 bits per heavy atom. The Morgan fingerprint density at radius 1 is 1.15 bits per heavy atom. The van der Waals surface area contributed by atoms with Gasteiger partial charge in [0.05, 0.1) is 0 Å². The van der Waals surface area contributed by atoms with Crippen molar-refractivity contribution < 1.29 is 9.13 Å². The Bertz CT molecular complexity index is 608. The molecule has 0 aliphatic heterocycles. The van der Waals surface area contributed by atoms with Crippen LogP contribution in [0.2, 0.25) is 5.02 Å². The fourth-order valence-electron chi connectivity index (χ4n) is 1.94. The zero-order chi connectivity index (χ0) is 14.7. The number of aryl methyl sites for hydroxylation is 1. The van der Waals surface area contributed by atoms with Crippen molar-refractivity contribution in [3.63, 3.8) is 0 Å². The van der Waals surface area contributed by atoms with Crippen LogP contribution in [0.4, 0.5) is 4.39 Å². The Morgan fingerprint density at radius 2 is 1.90 bits per heavy atom. The number of hydrogen-bond donors (Lipinski definition) is 0. The van der Waals surface area contributed by atoms with Gasteiger partial charge in [0.25, 0.3) is 0 Å². The second-order valence-corrected chi connectivity index (χ2v) is 5.61. The van der Waals surface area contributed by atoms with Gasteiger partial charge >= 0.3 is 0 Å². The van der Waals surface area contributed by atoms with Crippen LogP contribution in [0.15, 0.2) is 36.4 Å². The van der Waals surface area contributed by atoms with Gasteiger partial charge in [-0.3, -0.25) is 0 Å². The van der Waals surface area contributed by atoms with Gasteiger partial charge in [-0.05, 0) is 48.2 Å². The Hall–Kier alpha value is -1.54. The van der Waals surface area contributed by atoms with Gasteiger partial charge in [0.2, 0.25) is 0 Å². The number of halogens is 2. The van der Waals surface area contributed by atoms with Gasteiger partial charge in [0.1, 0.15) is 18.2 Å². The van der Waals surface area contributed by atoms with Crippen LogP contribution in [-0.2, 0) is 6.61 Å². The molecule has 0 heterocycles. The van der Waals surface area contributed by atoms with Gasteiger partial charge in [0, 0.05) is 10.6 Å². The molecule has 0 bridgehead atoms. The van der Waals surface area contributed by atoms with Crippen molar-refractivity contribution >= 4 is 11.6 Å². The molecule has 0 aromatic heterocycles. The largest absolute Gasteiger partial charge is 0.489 e. The molecule has 0 saturated heterocycles. The molecule has 0 spiro atoms. The van der Waals surface area contributed by atoms with E-state index in [0.29, 0.717) is 16.5 Å². The first-order chi connectivity index (χ1) is 9.47. The molecule has 0 radical (unpaired) electrons. The Labute approximate surface area is 124 Å². The third kappa shape index (κ3) is 3.51. The number of rotatable bonds is 4. The van der Waals surface area contributed by atoms with Gasteiger partial charge < -0.3 is 4.74 Å². The molecule has 0 unspecified atom stereocenters. The molecule has 0 aliphatic carbocycles. The van der Waals surface area contributed by atoms with E-state index in [4.69, 9.17) is 16.3 Å². The summed E-state index contributed by atoms with van der Waals surface area (Å²) < 4.78 is 19.0. The molecule has 2 aromatic carbocycles. The molecule has 106 valence electrons. The second-order valence-electron chi connectivity index (χ2n) is 5.20. The minimum atomic E-state index is -0.305. The van der Waals surface area contributed by atoms with Crippen LogP contribution in [0, 0.1) is 12.7 Å². The lowest BCUT2D eigenvalue weighted by molar-refractivity contribution is 0.303. The third-order valence-electron chi connectivity index (χ3n) is 3.27. The first-order valence-corrected chi connectivity index (χ1v) is 7.02. The Balaban J connectivity index is 2.18. The van der Waals surface area contributed by atoms with Crippen molar-refractivity contribution in [3.05, 3.63) is 63.9 Å². The summed E-state index contributed by atoms with van der Waals surface area (Å²) in [6.07, 6.45) is 0. The monoisotopic (exact) mass is 292 g/mol. The smallest absolute Gasteiger partial charge is 0.123 e. The summed E-state index contributed by atoms with van der Waals surface area (Å²) in [6, 6.07) is 10.5. The second kappa shape index (κ2) is 6.27. The molecule has 0 saturated carbocycles. The molecular formula is C17H18ClFO. The SMILES string of the molecule is Cc1ccc(C(C)C)cc1OCc1cc(F)ccc1Cl. The molecule has 1 nitrogen and oxygen atoms in total. The van der Waals surface area contributed by atoms with E-state index < -0.39 is 0 Å². The topological polar surface area (TPSA) is 9.23 Å². The fraction of sp³-hybridized carbons (Fsp3) is 0.294. The zero-order valence-electron chi connectivity index (χ0n) is 11.9. The third-order valence-corrected chi connectivity index (χ3v) is 3.64. The number of hydrogen-bond acceptors (Lipinski definition) is 1. The summed E-state index contributed by atoms with van der Waals surface area (Å²) in [4.78, 5) is 0. The summed E-state index contributed by atoms with van der Waals surface area (Å²) in [5.74, 6) is 0.952. The van der Waals surface area contributed by atoms with Crippen molar-refractivity contribution in [2.45, 2.75) is 33.3 Å². The predicted octanol–water partition coefficient (Wildman–Crippen LogP) is 5.49. The van der Waals surface area contributed by atoms with E-state index in [2.05, 4.69) is 19.9 Å². The van der Waals surface area contributed by atoms with Crippen molar-refractivity contribution in [2.75, 3.05) is 0 Å². The van der Waals surface area contributed by atoms with Crippen LogP contribution in [-0.4, -0.2) is 0 Å². The lowest BCUT2D eigenvalue weighted by Gasteiger charge is -2.13. The lowest BCUT2D eigenvalue weighted by atomic mass is 10.0. The van der Waals surface area contributed by atoms with Crippen LogP contribution in [0.25, 0.3) is 0 Å². The highest BCUT2D eigenvalue weighted by atomic mass is 35.5. The summed E-state index contributed by atoms with van der Waals surface area (Å²) in [5.41, 5.74) is 2.93. The van der Waals surface area contributed by atoms with Crippen molar-refractivity contribution in [2.24, 2.45) is 0 Å². The normalized spacial score (nSPS) is 10.9. The van der Waals surface area contributed by atoms with Gasteiger partial charge in [-0.15, -0.1) is 0 Å². The molecule has 0 amide bonds. The van der Waals surface area contributed by atoms with Gasteiger partial charge in [-0.1, -0.05) is 37.6 Å². The van der Waals surface area contributed by atoms with Crippen LogP contribution in [0.1, 0.15) is 36.5 Å². The average molecular weight is 293 g/mol. The van der Waals surface area contributed by atoms with Crippen LogP contribution in [0.3, 0.4) is 0 Å². The van der Waals surface area contributed by atoms with Crippen molar-refractivity contribution in [1.82, 2.24) is 0 Å². The maximum atomic E-state index is 13.2. The minimum absolute atomic E-state index is 0.263. The maximum absolute atomic E-state index is 13.2. The van der Waals surface area contributed by atoms with E-state index in [1.165, 1.54) is 17.7 Å². The van der Waals surface area contributed by atoms with Crippen LogP contribution in [0.5, 0.6) is 5.75 Å². The van der Waals surface area contributed by atoms with Crippen LogP contribution >= 0.6 is 11.6 Å². The predicted molar refractivity (Wildman–Crippen MR) is 81.0 cm³/mol.